The lowest BCUT2D eigenvalue weighted by Crippen LogP contribution is -2.45. The molecule has 0 bridgehead atoms. The Morgan fingerprint density at radius 1 is 1.12 bits per heavy atom. The molecular formula is C25H29ClFN3O3. The zero-order valence-electron chi connectivity index (χ0n) is 19.3. The van der Waals surface area contributed by atoms with E-state index in [0.29, 0.717) is 34.8 Å². The van der Waals surface area contributed by atoms with Crippen molar-refractivity contribution in [2.24, 2.45) is 11.7 Å². The third-order valence-corrected chi connectivity index (χ3v) is 5.97. The monoisotopic (exact) mass is 473 g/mol. The molecule has 33 heavy (non-hydrogen) atoms. The van der Waals surface area contributed by atoms with Gasteiger partial charge in [-0.25, -0.2) is 9.18 Å². The second-order valence-corrected chi connectivity index (χ2v) is 8.99. The van der Waals surface area contributed by atoms with Crippen LogP contribution in [0.2, 0.25) is 5.02 Å². The third kappa shape index (κ3) is 5.37. The average Bonchev–Trinajstić information content (AvgIpc) is 2.75. The Balaban J connectivity index is 2.23. The Kier molecular flexibility index (Phi) is 7.76. The number of halogens is 2. The third-order valence-electron chi connectivity index (χ3n) is 5.58. The molecule has 1 aromatic heterocycles. The van der Waals surface area contributed by atoms with Crippen molar-refractivity contribution >= 4 is 11.6 Å². The second-order valence-electron chi connectivity index (χ2n) is 8.62. The van der Waals surface area contributed by atoms with E-state index in [4.69, 9.17) is 22.1 Å². The minimum atomic E-state index is -0.551. The number of nitrogens with two attached hydrogens (primary N) is 1. The largest absolute Gasteiger partial charge is 0.495 e. The maximum atomic E-state index is 14.5. The Morgan fingerprint density at radius 2 is 1.82 bits per heavy atom. The number of benzene rings is 2. The topological polar surface area (TPSA) is 79.2 Å². The molecule has 2 N–H and O–H groups in total. The molecule has 3 aromatic rings. The summed E-state index contributed by atoms with van der Waals surface area (Å²) >= 11 is 6.50. The predicted molar refractivity (Wildman–Crippen MR) is 130 cm³/mol. The molecule has 0 aliphatic rings. The Bertz CT molecular complexity index is 1250. The van der Waals surface area contributed by atoms with E-state index in [1.807, 2.05) is 13.8 Å². The van der Waals surface area contributed by atoms with Crippen LogP contribution in [0.25, 0.3) is 11.1 Å². The van der Waals surface area contributed by atoms with Crippen LogP contribution in [0.3, 0.4) is 0 Å². The summed E-state index contributed by atoms with van der Waals surface area (Å²) < 4.78 is 22.3. The van der Waals surface area contributed by atoms with E-state index in [-0.39, 0.29) is 23.7 Å². The summed E-state index contributed by atoms with van der Waals surface area (Å²) in [5.74, 6) is 0.284. The molecule has 1 unspecified atom stereocenters. The summed E-state index contributed by atoms with van der Waals surface area (Å²) in [6, 6.07) is 9.43. The number of nitrogens with zero attached hydrogens (tertiary/aromatic N) is 2. The van der Waals surface area contributed by atoms with Gasteiger partial charge in [-0.2, -0.15) is 0 Å². The fourth-order valence-electron chi connectivity index (χ4n) is 3.94. The summed E-state index contributed by atoms with van der Waals surface area (Å²) in [4.78, 5) is 26.7. The van der Waals surface area contributed by atoms with Crippen molar-refractivity contribution in [1.29, 1.82) is 0 Å². The highest BCUT2D eigenvalue weighted by atomic mass is 35.5. The van der Waals surface area contributed by atoms with Gasteiger partial charge in [0, 0.05) is 29.9 Å². The molecule has 1 atom stereocenters. The Labute approximate surface area is 197 Å². The van der Waals surface area contributed by atoms with Gasteiger partial charge in [0.25, 0.3) is 5.56 Å². The van der Waals surface area contributed by atoms with Crippen LogP contribution in [0.5, 0.6) is 5.75 Å². The van der Waals surface area contributed by atoms with Crippen LogP contribution in [0.4, 0.5) is 4.39 Å². The van der Waals surface area contributed by atoms with Crippen molar-refractivity contribution in [2.75, 3.05) is 7.11 Å². The van der Waals surface area contributed by atoms with Gasteiger partial charge >= 0.3 is 5.69 Å². The first-order valence-electron chi connectivity index (χ1n) is 10.8. The number of ether oxygens (including phenoxy) is 1. The van der Waals surface area contributed by atoms with E-state index in [9.17, 15) is 14.0 Å². The molecule has 0 amide bonds. The van der Waals surface area contributed by atoms with Crippen LogP contribution in [0.1, 0.15) is 31.4 Å². The summed E-state index contributed by atoms with van der Waals surface area (Å²) in [6.07, 6.45) is 2.07. The first kappa shape index (κ1) is 24.7. The number of aryl methyl sites for hydroxylation is 1. The maximum absolute atomic E-state index is 14.5. The van der Waals surface area contributed by atoms with E-state index in [2.05, 4.69) is 0 Å². The van der Waals surface area contributed by atoms with Crippen LogP contribution in [0, 0.1) is 18.7 Å². The summed E-state index contributed by atoms with van der Waals surface area (Å²) in [6.45, 7) is 5.83. The van der Waals surface area contributed by atoms with Crippen molar-refractivity contribution in [2.45, 2.75) is 46.3 Å². The number of methoxy groups -OCH3 is 1. The van der Waals surface area contributed by atoms with Crippen LogP contribution in [0.15, 0.2) is 52.2 Å². The normalized spacial score (nSPS) is 12.2. The molecular weight excluding hydrogens is 445 g/mol. The van der Waals surface area contributed by atoms with Gasteiger partial charge in [-0.3, -0.25) is 13.9 Å². The Morgan fingerprint density at radius 3 is 2.45 bits per heavy atom. The van der Waals surface area contributed by atoms with Gasteiger partial charge in [0.2, 0.25) is 0 Å². The van der Waals surface area contributed by atoms with E-state index >= 15 is 0 Å². The smallest absolute Gasteiger partial charge is 0.331 e. The molecule has 3 rings (SSSR count). The van der Waals surface area contributed by atoms with E-state index in [1.165, 1.54) is 23.9 Å². The summed E-state index contributed by atoms with van der Waals surface area (Å²) in [7, 11) is 1.48. The molecule has 0 spiro atoms. The van der Waals surface area contributed by atoms with Gasteiger partial charge in [0.15, 0.2) is 0 Å². The molecule has 8 heteroatoms. The fourth-order valence-corrected chi connectivity index (χ4v) is 4.25. The van der Waals surface area contributed by atoms with E-state index in [1.54, 1.807) is 37.3 Å². The molecule has 0 aliphatic carbocycles. The van der Waals surface area contributed by atoms with Gasteiger partial charge < -0.3 is 10.5 Å². The van der Waals surface area contributed by atoms with Gasteiger partial charge in [0.1, 0.15) is 11.6 Å². The van der Waals surface area contributed by atoms with Crippen LogP contribution in [-0.2, 0) is 13.1 Å². The summed E-state index contributed by atoms with van der Waals surface area (Å²) in [5, 5.41) is 0.252. The molecule has 0 saturated heterocycles. The highest BCUT2D eigenvalue weighted by Gasteiger charge is 2.20. The number of rotatable bonds is 8. The number of aromatic nitrogens is 2. The van der Waals surface area contributed by atoms with E-state index < -0.39 is 23.1 Å². The molecule has 176 valence electrons. The second kappa shape index (κ2) is 10.4. The maximum Gasteiger partial charge on any atom is 0.331 e. The van der Waals surface area contributed by atoms with Crippen molar-refractivity contribution in [3.8, 4) is 16.9 Å². The lowest BCUT2D eigenvalue weighted by molar-refractivity contribution is 0.415. The molecule has 0 saturated carbocycles. The summed E-state index contributed by atoms with van der Waals surface area (Å²) in [5.41, 5.74) is 6.90. The standard InChI is InChI=1S/C25H29ClFN3O3/c1-15(2)11-17(28)12-30-24(31)20(18-8-6-10-22(33-4)23(18)26)14-29(25(30)32)13-19-16(3)7-5-9-21(19)27/h5-10,14-15,17H,11-13,28H2,1-4H3. The minimum Gasteiger partial charge on any atom is -0.495 e. The SMILES string of the molecule is COc1cccc(-c2cn(Cc3c(C)cccc3F)c(=O)n(CC(N)CC(C)C)c2=O)c1Cl. The quantitative estimate of drug-likeness (QED) is 0.531. The van der Waals surface area contributed by atoms with Gasteiger partial charge in [-0.05, 0) is 37.0 Å². The zero-order valence-corrected chi connectivity index (χ0v) is 20.0. The molecule has 0 aliphatic heterocycles. The van der Waals surface area contributed by atoms with Gasteiger partial charge in [-0.1, -0.05) is 49.7 Å². The highest BCUT2D eigenvalue weighted by Crippen LogP contribution is 2.33. The van der Waals surface area contributed by atoms with Gasteiger partial charge in [0.05, 0.1) is 24.2 Å². The highest BCUT2D eigenvalue weighted by molar-refractivity contribution is 6.34. The van der Waals surface area contributed by atoms with Crippen molar-refractivity contribution in [1.82, 2.24) is 9.13 Å². The molecule has 0 fully saturated rings. The van der Waals surface area contributed by atoms with Crippen molar-refractivity contribution in [3.05, 3.63) is 85.4 Å². The number of hydrogen-bond donors (Lipinski definition) is 1. The molecule has 6 nitrogen and oxygen atoms in total. The fraction of sp³-hybridized carbons (Fsp3) is 0.360. The first-order chi connectivity index (χ1) is 15.6. The lowest BCUT2D eigenvalue weighted by atomic mass is 10.0. The lowest BCUT2D eigenvalue weighted by Gasteiger charge is -2.19. The molecule has 2 aromatic carbocycles. The van der Waals surface area contributed by atoms with E-state index in [0.717, 1.165) is 4.57 Å². The van der Waals surface area contributed by atoms with Crippen molar-refractivity contribution < 1.29 is 9.13 Å². The minimum absolute atomic E-state index is 0.0361. The Hall–Kier alpha value is -2.90. The first-order valence-corrected chi connectivity index (χ1v) is 11.2. The molecule has 1 heterocycles. The zero-order chi connectivity index (χ0) is 24.3. The van der Waals surface area contributed by atoms with Crippen molar-refractivity contribution in [3.63, 3.8) is 0 Å². The number of hydrogen-bond acceptors (Lipinski definition) is 4. The predicted octanol–water partition coefficient (Wildman–Crippen LogP) is 4.21. The van der Waals surface area contributed by atoms with Crippen LogP contribution >= 0.6 is 11.6 Å². The van der Waals surface area contributed by atoms with Crippen LogP contribution < -0.4 is 21.7 Å². The molecule has 0 radical (unpaired) electrons. The van der Waals surface area contributed by atoms with Gasteiger partial charge in [-0.15, -0.1) is 0 Å². The van der Waals surface area contributed by atoms with Crippen LogP contribution in [-0.4, -0.2) is 22.3 Å². The average molecular weight is 474 g/mol.